The SMILES string of the molecule is COC=C(C(=O)OC)c1ccccc1-c1cc(-c2ccc(Cl)cc2Cl)on1. The maximum absolute atomic E-state index is 12.1. The van der Waals surface area contributed by atoms with Gasteiger partial charge in [-0.1, -0.05) is 52.6 Å². The molecule has 138 valence electrons. The van der Waals surface area contributed by atoms with Crippen LogP contribution in [0.25, 0.3) is 28.2 Å². The zero-order valence-electron chi connectivity index (χ0n) is 14.5. The maximum atomic E-state index is 12.1. The smallest absolute Gasteiger partial charge is 0.341 e. The second kappa shape index (κ2) is 8.29. The van der Waals surface area contributed by atoms with Gasteiger partial charge in [0.15, 0.2) is 5.76 Å². The third-order valence-electron chi connectivity index (χ3n) is 3.84. The second-order valence-electron chi connectivity index (χ2n) is 5.50. The first-order chi connectivity index (χ1) is 13.0. The molecule has 7 heteroatoms. The first kappa shape index (κ1) is 19.0. The zero-order chi connectivity index (χ0) is 19.4. The number of halogens is 2. The van der Waals surface area contributed by atoms with E-state index in [1.54, 1.807) is 30.3 Å². The number of esters is 1. The first-order valence-corrected chi connectivity index (χ1v) is 8.64. The molecule has 27 heavy (non-hydrogen) atoms. The Morgan fingerprint density at radius 1 is 1.07 bits per heavy atom. The lowest BCUT2D eigenvalue weighted by Crippen LogP contribution is -2.05. The number of hydrogen-bond acceptors (Lipinski definition) is 5. The summed E-state index contributed by atoms with van der Waals surface area (Å²) in [5.74, 6) is -0.0365. The van der Waals surface area contributed by atoms with Gasteiger partial charge >= 0.3 is 5.97 Å². The van der Waals surface area contributed by atoms with Crippen molar-refractivity contribution >= 4 is 34.7 Å². The molecule has 0 bridgehead atoms. The first-order valence-electron chi connectivity index (χ1n) is 7.88. The number of aromatic nitrogens is 1. The molecule has 1 heterocycles. The van der Waals surface area contributed by atoms with Crippen molar-refractivity contribution < 1.29 is 18.8 Å². The van der Waals surface area contributed by atoms with E-state index < -0.39 is 5.97 Å². The van der Waals surface area contributed by atoms with Crippen LogP contribution in [0.5, 0.6) is 0 Å². The van der Waals surface area contributed by atoms with Crippen LogP contribution < -0.4 is 0 Å². The predicted octanol–water partition coefficient (Wildman–Crippen LogP) is 5.48. The molecule has 0 saturated carbocycles. The van der Waals surface area contributed by atoms with E-state index in [2.05, 4.69) is 5.16 Å². The highest BCUT2D eigenvalue weighted by atomic mass is 35.5. The Morgan fingerprint density at radius 2 is 1.85 bits per heavy atom. The summed E-state index contributed by atoms with van der Waals surface area (Å²) in [4.78, 5) is 12.1. The van der Waals surface area contributed by atoms with Crippen molar-refractivity contribution in [2.24, 2.45) is 0 Å². The van der Waals surface area contributed by atoms with Crippen LogP contribution in [0.2, 0.25) is 10.0 Å². The number of nitrogens with zero attached hydrogens (tertiary/aromatic N) is 1. The van der Waals surface area contributed by atoms with Crippen molar-refractivity contribution in [3.05, 3.63) is 70.4 Å². The molecule has 1 aromatic heterocycles. The van der Waals surface area contributed by atoms with E-state index in [1.807, 2.05) is 18.2 Å². The summed E-state index contributed by atoms with van der Waals surface area (Å²) in [6.45, 7) is 0. The van der Waals surface area contributed by atoms with Gasteiger partial charge in [-0.2, -0.15) is 0 Å². The molecule has 0 aliphatic carbocycles. The van der Waals surface area contributed by atoms with Crippen LogP contribution >= 0.6 is 23.2 Å². The molecule has 0 aliphatic heterocycles. The number of hydrogen-bond donors (Lipinski definition) is 0. The van der Waals surface area contributed by atoms with Crippen molar-refractivity contribution in [2.75, 3.05) is 14.2 Å². The molecule has 0 aliphatic rings. The van der Waals surface area contributed by atoms with Gasteiger partial charge in [0.05, 0.1) is 25.5 Å². The Bertz CT molecular complexity index is 1010. The molecule has 0 fully saturated rings. The molecule has 0 amide bonds. The molecule has 0 atom stereocenters. The fraction of sp³-hybridized carbons (Fsp3) is 0.100. The van der Waals surface area contributed by atoms with E-state index in [9.17, 15) is 4.79 Å². The molecular weight excluding hydrogens is 389 g/mol. The van der Waals surface area contributed by atoms with Crippen molar-refractivity contribution in [2.45, 2.75) is 0 Å². The fourth-order valence-corrected chi connectivity index (χ4v) is 3.11. The average Bonchev–Trinajstić information content (AvgIpc) is 3.15. The Labute approximate surface area is 166 Å². The fourth-order valence-electron chi connectivity index (χ4n) is 2.61. The average molecular weight is 404 g/mol. The van der Waals surface area contributed by atoms with Gasteiger partial charge in [0.1, 0.15) is 11.3 Å². The highest BCUT2D eigenvalue weighted by Gasteiger charge is 2.20. The van der Waals surface area contributed by atoms with Crippen molar-refractivity contribution in [1.82, 2.24) is 5.16 Å². The van der Waals surface area contributed by atoms with Crippen molar-refractivity contribution in [3.8, 4) is 22.6 Å². The number of rotatable bonds is 5. The topological polar surface area (TPSA) is 61.6 Å². The largest absolute Gasteiger partial charge is 0.503 e. The number of carbonyl (C=O) groups excluding carboxylic acids is 1. The molecule has 0 unspecified atom stereocenters. The van der Waals surface area contributed by atoms with Gasteiger partial charge < -0.3 is 14.0 Å². The Kier molecular flexibility index (Phi) is 5.84. The van der Waals surface area contributed by atoms with Gasteiger partial charge in [0.25, 0.3) is 0 Å². The minimum atomic E-state index is -0.520. The van der Waals surface area contributed by atoms with E-state index >= 15 is 0 Å². The molecule has 0 spiro atoms. The number of methoxy groups -OCH3 is 2. The van der Waals surface area contributed by atoms with Gasteiger partial charge in [-0.3, -0.25) is 0 Å². The summed E-state index contributed by atoms with van der Waals surface area (Å²) >= 11 is 12.2. The van der Waals surface area contributed by atoms with Crippen molar-refractivity contribution in [3.63, 3.8) is 0 Å². The molecular formula is C20H15Cl2NO4. The molecule has 0 saturated heterocycles. The Morgan fingerprint density at radius 3 is 2.56 bits per heavy atom. The van der Waals surface area contributed by atoms with Gasteiger partial charge in [0.2, 0.25) is 0 Å². The summed E-state index contributed by atoms with van der Waals surface area (Å²) in [6, 6.07) is 14.1. The summed E-state index contributed by atoms with van der Waals surface area (Å²) in [5.41, 5.74) is 2.76. The summed E-state index contributed by atoms with van der Waals surface area (Å²) in [6.07, 6.45) is 1.34. The maximum Gasteiger partial charge on any atom is 0.341 e. The van der Waals surface area contributed by atoms with E-state index in [4.69, 9.17) is 37.2 Å². The lowest BCUT2D eigenvalue weighted by molar-refractivity contribution is -0.133. The van der Waals surface area contributed by atoms with Crippen LogP contribution in [0.3, 0.4) is 0 Å². The minimum absolute atomic E-state index is 0.268. The van der Waals surface area contributed by atoms with Crippen LogP contribution in [-0.4, -0.2) is 25.3 Å². The van der Waals surface area contributed by atoms with Crippen LogP contribution in [0.1, 0.15) is 5.56 Å². The molecule has 3 aromatic rings. The third kappa shape index (κ3) is 3.99. The Hall–Kier alpha value is -2.76. The lowest BCUT2D eigenvalue weighted by atomic mass is 9.98. The predicted molar refractivity (Wildman–Crippen MR) is 104 cm³/mol. The van der Waals surface area contributed by atoms with Crippen LogP contribution in [0, 0.1) is 0 Å². The van der Waals surface area contributed by atoms with E-state index in [0.717, 1.165) is 0 Å². The molecule has 0 radical (unpaired) electrons. The highest BCUT2D eigenvalue weighted by Crippen LogP contribution is 2.35. The van der Waals surface area contributed by atoms with E-state index in [1.165, 1.54) is 20.5 Å². The summed E-state index contributed by atoms with van der Waals surface area (Å²) in [5, 5.41) is 5.11. The van der Waals surface area contributed by atoms with Gasteiger partial charge in [0, 0.05) is 27.8 Å². The molecule has 5 nitrogen and oxygen atoms in total. The molecule has 3 rings (SSSR count). The monoisotopic (exact) mass is 403 g/mol. The van der Waals surface area contributed by atoms with Crippen LogP contribution in [0.15, 0.2) is 59.3 Å². The van der Waals surface area contributed by atoms with Crippen molar-refractivity contribution in [1.29, 1.82) is 0 Å². The molecule has 0 N–H and O–H groups in total. The number of benzene rings is 2. The summed E-state index contributed by atoms with van der Waals surface area (Å²) in [7, 11) is 2.77. The van der Waals surface area contributed by atoms with Crippen LogP contribution in [0.4, 0.5) is 0 Å². The van der Waals surface area contributed by atoms with E-state index in [0.29, 0.717) is 38.2 Å². The van der Waals surface area contributed by atoms with Gasteiger partial charge in [-0.05, 0) is 18.2 Å². The zero-order valence-corrected chi connectivity index (χ0v) is 16.0. The van der Waals surface area contributed by atoms with E-state index in [-0.39, 0.29) is 5.57 Å². The van der Waals surface area contributed by atoms with Gasteiger partial charge in [-0.15, -0.1) is 0 Å². The minimum Gasteiger partial charge on any atom is -0.503 e. The second-order valence-corrected chi connectivity index (χ2v) is 6.35. The standard InChI is InChI=1S/C20H15Cl2NO4/c1-25-11-16(20(24)26-2)13-5-3-4-6-14(13)18-10-19(27-23-18)15-8-7-12(21)9-17(15)22/h3-11H,1-2H3. The summed E-state index contributed by atoms with van der Waals surface area (Å²) < 4.78 is 15.4. The molecule has 2 aromatic carbocycles. The normalized spacial score (nSPS) is 11.3. The lowest BCUT2D eigenvalue weighted by Gasteiger charge is -2.09. The number of ether oxygens (including phenoxy) is 2. The third-order valence-corrected chi connectivity index (χ3v) is 4.39. The highest BCUT2D eigenvalue weighted by molar-refractivity contribution is 6.36. The van der Waals surface area contributed by atoms with Gasteiger partial charge in [-0.25, -0.2) is 4.79 Å². The van der Waals surface area contributed by atoms with Crippen LogP contribution in [-0.2, 0) is 14.3 Å². The number of carbonyl (C=O) groups is 1. The quantitative estimate of drug-likeness (QED) is 0.320. The Balaban J connectivity index is 2.07.